The molecule has 3 aromatic rings. The molecule has 4 rings (SSSR count). The quantitative estimate of drug-likeness (QED) is 0.657. The van der Waals surface area contributed by atoms with Crippen LogP contribution in [0.2, 0.25) is 5.02 Å². The lowest BCUT2D eigenvalue weighted by molar-refractivity contribution is 0.355. The van der Waals surface area contributed by atoms with Gasteiger partial charge in [-0.3, -0.25) is 4.98 Å². The molecule has 0 aliphatic carbocycles. The summed E-state index contributed by atoms with van der Waals surface area (Å²) < 4.78 is 32.1. The van der Waals surface area contributed by atoms with Gasteiger partial charge in [-0.2, -0.15) is 9.29 Å². The maximum Gasteiger partial charge on any atom is 0.324 e. The molecule has 0 N–H and O–H groups in total. The number of hydrogen-bond acceptors (Lipinski definition) is 7. The third-order valence-corrected chi connectivity index (χ3v) is 6.40. The van der Waals surface area contributed by atoms with E-state index in [1.807, 2.05) is 17.0 Å². The van der Waals surface area contributed by atoms with E-state index in [4.69, 9.17) is 16.1 Å². The van der Waals surface area contributed by atoms with Crippen LogP contribution in [0.1, 0.15) is 0 Å². The molecule has 0 amide bonds. The van der Waals surface area contributed by atoms with Gasteiger partial charge in [0.25, 0.3) is 0 Å². The SMILES string of the molecule is O=S(=O)(c1cccnc1)N1CCN(c2nc(-c3cccc(Cl)c3)no2)CC1. The molecule has 0 bridgehead atoms. The Labute approximate surface area is 161 Å². The van der Waals surface area contributed by atoms with Crippen molar-refractivity contribution in [3.05, 3.63) is 53.8 Å². The number of rotatable bonds is 4. The molecule has 2 aromatic heterocycles. The van der Waals surface area contributed by atoms with E-state index < -0.39 is 10.0 Å². The Hall–Kier alpha value is -2.49. The fourth-order valence-corrected chi connectivity index (χ4v) is 4.43. The fourth-order valence-electron chi connectivity index (χ4n) is 2.86. The Balaban J connectivity index is 1.46. The summed E-state index contributed by atoms with van der Waals surface area (Å²) >= 11 is 6.00. The first-order valence-corrected chi connectivity index (χ1v) is 10.1. The Morgan fingerprint density at radius 1 is 1.07 bits per heavy atom. The van der Waals surface area contributed by atoms with Gasteiger partial charge in [0, 0.05) is 49.2 Å². The first-order valence-electron chi connectivity index (χ1n) is 8.29. The second-order valence-electron chi connectivity index (χ2n) is 5.99. The molecule has 1 aliphatic rings. The monoisotopic (exact) mass is 405 g/mol. The maximum atomic E-state index is 12.7. The van der Waals surface area contributed by atoms with Crippen LogP contribution in [0.25, 0.3) is 11.4 Å². The number of nitrogens with zero attached hydrogens (tertiary/aromatic N) is 5. The van der Waals surface area contributed by atoms with Crippen LogP contribution >= 0.6 is 11.6 Å². The zero-order chi connectivity index (χ0) is 18.9. The highest BCUT2D eigenvalue weighted by Gasteiger charge is 2.30. The summed E-state index contributed by atoms with van der Waals surface area (Å²) in [5.74, 6) is 0.443. The molecule has 1 fully saturated rings. The molecule has 0 atom stereocenters. The minimum absolute atomic E-state index is 0.194. The van der Waals surface area contributed by atoms with Crippen LogP contribution in [-0.2, 0) is 10.0 Å². The van der Waals surface area contributed by atoms with E-state index in [1.165, 1.54) is 10.5 Å². The molecule has 1 aliphatic heterocycles. The van der Waals surface area contributed by atoms with Gasteiger partial charge in [0.15, 0.2) is 0 Å². The van der Waals surface area contributed by atoms with E-state index in [9.17, 15) is 8.42 Å². The Kier molecular flexibility index (Phi) is 4.81. The van der Waals surface area contributed by atoms with E-state index >= 15 is 0 Å². The third kappa shape index (κ3) is 3.66. The van der Waals surface area contributed by atoms with E-state index in [2.05, 4.69) is 15.1 Å². The summed E-state index contributed by atoms with van der Waals surface area (Å²) in [6, 6.07) is 10.7. The molecule has 1 aromatic carbocycles. The zero-order valence-corrected chi connectivity index (χ0v) is 15.8. The van der Waals surface area contributed by atoms with Crippen LogP contribution in [0.5, 0.6) is 0 Å². The van der Waals surface area contributed by atoms with Crippen molar-refractivity contribution in [2.75, 3.05) is 31.1 Å². The van der Waals surface area contributed by atoms with Crippen molar-refractivity contribution in [3.63, 3.8) is 0 Å². The number of aromatic nitrogens is 3. The normalized spacial score (nSPS) is 15.8. The number of piperazine rings is 1. The van der Waals surface area contributed by atoms with Crippen LogP contribution < -0.4 is 4.90 Å². The first-order chi connectivity index (χ1) is 13.0. The van der Waals surface area contributed by atoms with Gasteiger partial charge in [0.1, 0.15) is 4.90 Å². The number of pyridine rings is 1. The molecule has 140 valence electrons. The molecule has 0 unspecified atom stereocenters. The van der Waals surface area contributed by atoms with Crippen LogP contribution in [0.15, 0.2) is 58.2 Å². The van der Waals surface area contributed by atoms with Crippen molar-refractivity contribution in [3.8, 4) is 11.4 Å². The van der Waals surface area contributed by atoms with Crippen LogP contribution in [0.3, 0.4) is 0 Å². The summed E-state index contributed by atoms with van der Waals surface area (Å²) in [5, 5.41) is 4.58. The van der Waals surface area contributed by atoms with E-state index in [-0.39, 0.29) is 4.90 Å². The highest BCUT2D eigenvalue weighted by atomic mass is 35.5. The molecule has 8 nitrogen and oxygen atoms in total. The van der Waals surface area contributed by atoms with Crippen molar-refractivity contribution >= 4 is 27.6 Å². The second kappa shape index (κ2) is 7.26. The summed E-state index contributed by atoms with van der Waals surface area (Å²) in [6.45, 7) is 1.56. The molecule has 0 spiro atoms. The van der Waals surface area contributed by atoms with Crippen molar-refractivity contribution in [2.24, 2.45) is 0 Å². The summed E-state index contributed by atoms with van der Waals surface area (Å²) in [6.07, 6.45) is 2.90. The molecule has 10 heteroatoms. The van der Waals surface area contributed by atoms with Gasteiger partial charge in [0.2, 0.25) is 15.8 Å². The van der Waals surface area contributed by atoms with Gasteiger partial charge in [-0.1, -0.05) is 28.9 Å². The van der Waals surface area contributed by atoms with E-state index in [1.54, 1.807) is 30.5 Å². The highest BCUT2D eigenvalue weighted by Crippen LogP contribution is 2.24. The lowest BCUT2D eigenvalue weighted by Gasteiger charge is -2.32. The average molecular weight is 406 g/mol. The molecule has 0 radical (unpaired) electrons. The summed E-state index contributed by atoms with van der Waals surface area (Å²) in [5.41, 5.74) is 0.760. The van der Waals surface area contributed by atoms with Gasteiger partial charge in [-0.25, -0.2) is 8.42 Å². The van der Waals surface area contributed by atoms with E-state index in [0.717, 1.165) is 5.56 Å². The molecule has 3 heterocycles. The first kappa shape index (κ1) is 17.9. The van der Waals surface area contributed by atoms with Crippen LogP contribution in [0.4, 0.5) is 6.01 Å². The highest BCUT2D eigenvalue weighted by molar-refractivity contribution is 7.89. The van der Waals surface area contributed by atoms with Crippen LogP contribution in [0, 0.1) is 0 Å². The lowest BCUT2D eigenvalue weighted by atomic mass is 10.2. The number of benzene rings is 1. The van der Waals surface area contributed by atoms with Gasteiger partial charge in [0.05, 0.1) is 0 Å². The van der Waals surface area contributed by atoms with Crippen molar-refractivity contribution < 1.29 is 12.9 Å². The zero-order valence-electron chi connectivity index (χ0n) is 14.2. The molecule has 27 heavy (non-hydrogen) atoms. The van der Waals surface area contributed by atoms with Crippen molar-refractivity contribution in [1.29, 1.82) is 0 Å². The van der Waals surface area contributed by atoms with Gasteiger partial charge in [-0.15, -0.1) is 0 Å². The Bertz CT molecular complexity index is 1030. The molecular weight excluding hydrogens is 390 g/mol. The smallest absolute Gasteiger partial charge is 0.322 e. The maximum absolute atomic E-state index is 12.7. The van der Waals surface area contributed by atoms with Gasteiger partial charge >= 0.3 is 6.01 Å². The van der Waals surface area contributed by atoms with Gasteiger partial charge in [-0.05, 0) is 24.3 Å². The Morgan fingerprint density at radius 3 is 2.59 bits per heavy atom. The predicted molar refractivity (Wildman–Crippen MR) is 100.0 cm³/mol. The molecule has 0 saturated carbocycles. The minimum atomic E-state index is -3.55. The number of hydrogen-bond donors (Lipinski definition) is 0. The van der Waals surface area contributed by atoms with Crippen LogP contribution in [-0.4, -0.2) is 54.0 Å². The standard InChI is InChI=1S/C17H16ClN5O3S/c18-14-4-1-3-13(11-14)16-20-17(26-21-16)22-7-9-23(10-8-22)27(24,25)15-5-2-6-19-12-15/h1-6,11-12H,7-10H2. The third-order valence-electron chi connectivity index (χ3n) is 4.28. The largest absolute Gasteiger partial charge is 0.324 e. The number of halogens is 1. The lowest BCUT2D eigenvalue weighted by Crippen LogP contribution is -2.48. The van der Waals surface area contributed by atoms with E-state index in [0.29, 0.717) is 43.0 Å². The average Bonchev–Trinajstić information content (AvgIpc) is 3.19. The van der Waals surface area contributed by atoms with Crippen molar-refractivity contribution in [2.45, 2.75) is 4.90 Å². The molecular formula is C17H16ClN5O3S. The fraction of sp³-hybridized carbons (Fsp3) is 0.235. The Morgan fingerprint density at radius 2 is 1.89 bits per heavy atom. The topological polar surface area (TPSA) is 92.4 Å². The van der Waals surface area contributed by atoms with Gasteiger partial charge < -0.3 is 9.42 Å². The second-order valence-corrected chi connectivity index (χ2v) is 8.37. The number of anilines is 1. The van der Waals surface area contributed by atoms with Crippen molar-refractivity contribution in [1.82, 2.24) is 19.4 Å². The minimum Gasteiger partial charge on any atom is -0.322 e. The molecule has 1 saturated heterocycles. The summed E-state index contributed by atoms with van der Waals surface area (Å²) in [7, 11) is -3.55. The predicted octanol–water partition coefficient (Wildman–Crippen LogP) is 2.30. The number of sulfonamides is 1. The summed E-state index contributed by atoms with van der Waals surface area (Å²) in [4.78, 5) is 10.4.